The molecule has 0 bridgehead atoms. The standard InChI is InChI=1S/C15H19BrN2O/c1-10-4-5-12(11(2)8-10)18(3)13(9-17)14-6-7-15(16)19-14/h4-8,13H,9,17H2,1-3H3. The molecule has 4 heteroatoms. The number of nitrogens with two attached hydrogens (primary N) is 1. The lowest BCUT2D eigenvalue weighted by molar-refractivity contribution is 0.444. The fraction of sp³-hybridized carbons (Fsp3) is 0.333. The lowest BCUT2D eigenvalue weighted by Gasteiger charge is -2.29. The van der Waals surface area contributed by atoms with Crippen LogP contribution in [-0.2, 0) is 0 Å². The average molecular weight is 323 g/mol. The number of halogens is 1. The average Bonchev–Trinajstić information content (AvgIpc) is 2.76. The van der Waals surface area contributed by atoms with Crippen molar-refractivity contribution in [1.82, 2.24) is 0 Å². The van der Waals surface area contributed by atoms with Crippen molar-refractivity contribution in [3.05, 3.63) is 51.9 Å². The molecule has 0 spiro atoms. The van der Waals surface area contributed by atoms with E-state index in [9.17, 15) is 0 Å². The molecule has 1 atom stereocenters. The lowest BCUT2D eigenvalue weighted by Crippen LogP contribution is -2.30. The van der Waals surface area contributed by atoms with Crippen molar-refractivity contribution >= 4 is 21.6 Å². The monoisotopic (exact) mass is 322 g/mol. The number of benzene rings is 1. The largest absolute Gasteiger partial charge is 0.452 e. The van der Waals surface area contributed by atoms with E-state index < -0.39 is 0 Å². The van der Waals surface area contributed by atoms with Crippen molar-refractivity contribution in [2.24, 2.45) is 5.73 Å². The molecule has 19 heavy (non-hydrogen) atoms. The summed E-state index contributed by atoms with van der Waals surface area (Å²) >= 11 is 3.33. The van der Waals surface area contributed by atoms with Crippen LogP contribution in [0.25, 0.3) is 0 Å². The molecule has 0 fully saturated rings. The van der Waals surface area contributed by atoms with Gasteiger partial charge < -0.3 is 15.1 Å². The van der Waals surface area contributed by atoms with Crippen LogP contribution >= 0.6 is 15.9 Å². The van der Waals surface area contributed by atoms with Gasteiger partial charge in [0.25, 0.3) is 0 Å². The Balaban J connectivity index is 2.32. The summed E-state index contributed by atoms with van der Waals surface area (Å²) in [4.78, 5) is 2.17. The minimum absolute atomic E-state index is 0.0349. The normalized spacial score (nSPS) is 12.5. The van der Waals surface area contributed by atoms with Crippen LogP contribution in [0.4, 0.5) is 5.69 Å². The van der Waals surface area contributed by atoms with Crippen LogP contribution in [0.3, 0.4) is 0 Å². The summed E-state index contributed by atoms with van der Waals surface area (Å²) in [5, 5.41) is 0. The third-order valence-electron chi connectivity index (χ3n) is 3.35. The Kier molecular flexibility index (Phi) is 4.32. The van der Waals surface area contributed by atoms with E-state index in [1.165, 1.54) is 16.8 Å². The molecular weight excluding hydrogens is 304 g/mol. The summed E-state index contributed by atoms with van der Waals surface area (Å²) in [5.41, 5.74) is 9.60. The first-order valence-electron chi connectivity index (χ1n) is 6.28. The highest BCUT2D eigenvalue weighted by atomic mass is 79.9. The highest BCUT2D eigenvalue weighted by Gasteiger charge is 2.20. The SMILES string of the molecule is Cc1ccc(N(C)C(CN)c2ccc(Br)o2)c(C)c1. The van der Waals surface area contributed by atoms with Gasteiger partial charge in [0.1, 0.15) is 5.76 Å². The minimum atomic E-state index is 0.0349. The van der Waals surface area contributed by atoms with E-state index in [2.05, 4.69) is 52.9 Å². The highest BCUT2D eigenvalue weighted by molar-refractivity contribution is 9.10. The molecule has 1 aromatic carbocycles. The number of hydrogen-bond acceptors (Lipinski definition) is 3. The number of furan rings is 1. The third-order valence-corrected chi connectivity index (χ3v) is 3.77. The van der Waals surface area contributed by atoms with Crippen LogP contribution in [0.5, 0.6) is 0 Å². The maximum Gasteiger partial charge on any atom is 0.169 e. The molecule has 0 amide bonds. The van der Waals surface area contributed by atoms with Gasteiger partial charge in [-0.05, 0) is 53.5 Å². The van der Waals surface area contributed by atoms with Crippen molar-refractivity contribution in [2.45, 2.75) is 19.9 Å². The number of hydrogen-bond donors (Lipinski definition) is 1. The maximum atomic E-state index is 5.92. The van der Waals surface area contributed by atoms with Gasteiger partial charge in [-0.25, -0.2) is 0 Å². The van der Waals surface area contributed by atoms with Gasteiger partial charge in [-0.2, -0.15) is 0 Å². The van der Waals surface area contributed by atoms with Crippen LogP contribution in [0.15, 0.2) is 39.4 Å². The zero-order chi connectivity index (χ0) is 14.0. The zero-order valence-electron chi connectivity index (χ0n) is 11.5. The van der Waals surface area contributed by atoms with Crippen LogP contribution in [0, 0.1) is 13.8 Å². The molecule has 0 radical (unpaired) electrons. The summed E-state index contributed by atoms with van der Waals surface area (Å²) in [6, 6.07) is 10.3. The van der Waals surface area contributed by atoms with Gasteiger partial charge in [0.15, 0.2) is 4.67 Å². The predicted octanol–water partition coefficient (Wildman–Crippen LogP) is 3.80. The Bertz CT molecular complexity index is 565. The minimum Gasteiger partial charge on any atom is -0.452 e. The smallest absolute Gasteiger partial charge is 0.169 e. The fourth-order valence-electron chi connectivity index (χ4n) is 2.34. The molecule has 102 valence electrons. The zero-order valence-corrected chi connectivity index (χ0v) is 13.1. The molecule has 3 nitrogen and oxygen atoms in total. The molecule has 0 aliphatic heterocycles. The van der Waals surface area contributed by atoms with Gasteiger partial charge in [-0.15, -0.1) is 0 Å². The molecule has 1 aromatic heterocycles. The van der Waals surface area contributed by atoms with Gasteiger partial charge >= 0.3 is 0 Å². The second kappa shape index (κ2) is 5.80. The van der Waals surface area contributed by atoms with E-state index in [1.54, 1.807) is 0 Å². The molecule has 0 saturated heterocycles. The number of nitrogens with zero attached hydrogens (tertiary/aromatic N) is 1. The predicted molar refractivity (Wildman–Crippen MR) is 82.5 cm³/mol. The topological polar surface area (TPSA) is 42.4 Å². The maximum absolute atomic E-state index is 5.92. The van der Waals surface area contributed by atoms with Crippen LogP contribution in [0.1, 0.15) is 22.9 Å². The van der Waals surface area contributed by atoms with Gasteiger partial charge in [0.05, 0.1) is 6.04 Å². The Morgan fingerprint density at radius 2 is 2.00 bits per heavy atom. The Hall–Kier alpha value is -1.26. The number of rotatable bonds is 4. The first-order chi connectivity index (χ1) is 9.02. The highest BCUT2D eigenvalue weighted by Crippen LogP contribution is 2.30. The second-order valence-corrected chi connectivity index (χ2v) is 5.58. The summed E-state index contributed by atoms with van der Waals surface area (Å²) < 4.78 is 6.37. The summed E-state index contributed by atoms with van der Waals surface area (Å²) in [6.07, 6.45) is 0. The van der Waals surface area contributed by atoms with E-state index >= 15 is 0 Å². The van der Waals surface area contributed by atoms with E-state index in [4.69, 9.17) is 10.2 Å². The lowest BCUT2D eigenvalue weighted by atomic mass is 10.1. The van der Waals surface area contributed by atoms with Gasteiger partial charge in [-0.3, -0.25) is 0 Å². The Labute approximate surface area is 122 Å². The first-order valence-corrected chi connectivity index (χ1v) is 7.07. The van der Waals surface area contributed by atoms with Crippen LogP contribution < -0.4 is 10.6 Å². The van der Waals surface area contributed by atoms with Crippen LogP contribution in [0.2, 0.25) is 0 Å². The van der Waals surface area contributed by atoms with Gasteiger partial charge in [0.2, 0.25) is 0 Å². The van der Waals surface area contributed by atoms with Crippen molar-refractivity contribution in [3.8, 4) is 0 Å². The molecule has 2 rings (SSSR count). The van der Waals surface area contributed by atoms with Gasteiger partial charge in [-0.1, -0.05) is 17.7 Å². The molecule has 0 aliphatic carbocycles. The number of likely N-dealkylation sites (N-methyl/N-ethyl adjacent to an activating group) is 1. The van der Waals surface area contributed by atoms with E-state index in [0.29, 0.717) is 6.54 Å². The van der Waals surface area contributed by atoms with Gasteiger partial charge in [0, 0.05) is 19.3 Å². The Morgan fingerprint density at radius 1 is 1.26 bits per heavy atom. The molecule has 0 saturated carbocycles. The van der Waals surface area contributed by atoms with Crippen molar-refractivity contribution in [1.29, 1.82) is 0 Å². The molecule has 1 unspecified atom stereocenters. The third kappa shape index (κ3) is 3.01. The van der Waals surface area contributed by atoms with Crippen LogP contribution in [-0.4, -0.2) is 13.6 Å². The second-order valence-electron chi connectivity index (χ2n) is 4.79. The molecule has 1 heterocycles. The summed E-state index contributed by atoms with van der Waals surface area (Å²) in [6.45, 7) is 4.72. The summed E-state index contributed by atoms with van der Waals surface area (Å²) in [7, 11) is 2.05. The van der Waals surface area contributed by atoms with E-state index in [0.717, 1.165) is 10.4 Å². The number of aryl methyl sites for hydroxylation is 2. The van der Waals surface area contributed by atoms with Crippen molar-refractivity contribution in [3.63, 3.8) is 0 Å². The van der Waals surface area contributed by atoms with Crippen molar-refractivity contribution < 1.29 is 4.42 Å². The van der Waals surface area contributed by atoms with E-state index in [-0.39, 0.29) is 6.04 Å². The molecule has 2 aromatic rings. The molecule has 0 aliphatic rings. The molecular formula is C15H19BrN2O. The fourth-order valence-corrected chi connectivity index (χ4v) is 2.66. The Morgan fingerprint density at radius 3 is 2.53 bits per heavy atom. The first kappa shape index (κ1) is 14.2. The molecule has 2 N–H and O–H groups in total. The van der Waals surface area contributed by atoms with Crippen molar-refractivity contribution in [2.75, 3.05) is 18.5 Å². The van der Waals surface area contributed by atoms with E-state index in [1.807, 2.05) is 19.2 Å². The summed E-state index contributed by atoms with van der Waals surface area (Å²) in [5.74, 6) is 0.872. The quantitative estimate of drug-likeness (QED) is 0.931. The number of anilines is 1.